The summed E-state index contributed by atoms with van der Waals surface area (Å²) in [5, 5.41) is 16.0. The number of benzene rings is 1. The number of carbonyl (C=O) groups is 3. The van der Waals surface area contributed by atoms with Crippen LogP contribution in [0.25, 0.3) is 0 Å². The Hall–Kier alpha value is -2.88. The lowest BCUT2D eigenvalue weighted by Crippen LogP contribution is -2.34. The first-order valence-corrected chi connectivity index (χ1v) is 6.32. The second-order valence-electron chi connectivity index (χ2n) is 4.20. The van der Waals surface area contributed by atoms with Gasteiger partial charge in [-0.1, -0.05) is 6.07 Å². The molecule has 7 heteroatoms. The van der Waals surface area contributed by atoms with Crippen LogP contribution >= 0.6 is 0 Å². The minimum atomic E-state index is -0.376. The van der Waals surface area contributed by atoms with Crippen LogP contribution < -0.4 is 16.0 Å². The molecule has 0 spiro atoms. The van der Waals surface area contributed by atoms with Gasteiger partial charge >= 0.3 is 0 Å². The van der Waals surface area contributed by atoms with E-state index in [4.69, 9.17) is 5.26 Å². The van der Waals surface area contributed by atoms with Crippen molar-refractivity contribution in [3.8, 4) is 6.07 Å². The standard InChI is InChI=1S/C14H16N4O3/c1-10(19)18-12-4-2-3-11(9-12)14(21)17-8-7-16-13(20)5-6-15/h2-4,9H,5,7-8H2,1H3,(H,16,20)(H,17,21)(H,18,19). The molecule has 0 heterocycles. The molecule has 0 radical (unpaired) electrons. The van der Waals surface area contributed by atoms with E-state index in [0.29, 0.717) is 11.3 Å². The van der Waals surface area contributed by atoms with Crippen LogP contribution in [-0.2, 0) is 9.59 Å². The van der Waals surface area contributed by atoms with Gasteiger partial charge in [0.25, 0.3) is 5.91 Å². The predicted octanol–water partition coefficient (Wildman–Crippen LogP) is 0.405. The normalized spacial score (nSPS) is 9.33. The number of amides is 3. The molecule has 1 aromatic carbocycles. The molecule has 0 saturated heterocycles. The van der Waals surface area contributed by atoms with Crippen molar-refractivity contribution in [1.82, 2.24) is 10.6 Å². The van der Waals surface area contributed by atoms with Gasteiger partial charge in [-0.3, -0.25) is 14.4 Å². The minimum Gasteiger partial charge on any atom is -0.353 e. The van der Waals surface area contributed by atoms with Gasteiger partial charge < -0.3 is 16.0 Å². The van der Waals surface area contributed by atoms with Gasteiger partial charge in [-0.25, -0.2) is 0 Å². The van der Waals surface area contributed by atoms with Crippen molar-refractivity contribution >= 4 is 23.4 Å². The number of nitrogens with zero attached hydrogens (tertiary/aromatic N) is 1. The van der Waals surface area contributed by atoms with Crippen LogP contribution in [0.4, 0.5) is 5.69 Å². The average Bonchev–Trinajstić information content (AvgIpc) is 2.43. The van der Waals surface area contributed by atoms with Crippen LogP contribution in [0.3, 0.4) is 0 Å². The predicted molar refractivity (Wildman–Crippen MR) is 76.3 cm³/mol. The van der Waals surface area contributed by atoms with Gasteiger partial charge in [-0.05, 0) is 18.2 Å². The fraction of sp³-hybridized carbons (Fsp3) is 0.286. The van der Waals surface area contributed by atoms with E-state index in [1.54, 1.807) is 30.3 Å². The number of nitrogens with one attached hydrogen (secondary N) is 3. The van der Waals surface area contributed by atoms with Crippen molar-refractivity contribution in [2.45, 2.75) is 13.3 Å². The van der Waals surface area contributed by atoms with Crippen molar-refractivity contribution in [2.75, 3.05) is 18.4 Å². The topological polar surface area (TPSA) is 111 Å². The summed E-state index contributed by atoms with van der Waals surface area (Å²) < 4.78 is 0. The molecule has 0 aliphatic carbocycles. The molecule has 7 nitrogen and oxygen atoms in total. The Morgan fingerprint density at radius 3 is 2.57 bits per heavy atom. The summed E-state index contributed by atoms with van der Waals surface area (Å²) in [6.45, 7) is 1.88. The lowest BCUT2D eigenvalue weighted by molar-refractivity contribution is -0.120. The minimum absolute atomic E-state index is 0.202. The second kappa shape index (κ2) is 8.32. The Bertz CT molecular complexity index is 578. The van der Waals surface area contributed by atoms with E-state index in [2.05, 4.69) is 16.0 Å². The Balaban J connectivity index is 2.43. The number of hydrogen-bond acceptors (Lipinski definition) is 4. The lowest BCUT2D eigenvalue weighted by Gasteiger charge is -2.08. The van der Waals surface area contributed by atoms with Crippen molar-refractivity contribution in [1.29, 1.82) is 5.26 Å². The fourth-order valence-electron chi connectivity index (χ4n) is 1.56. The zero-order chi connectivity index (χ0) is 15.7. The summed E-state index contributed by atoms with van der Waals surface area (Å²) >= 11 is 0. The highest BCUT2D eigenvalue weighted by molar-refractivity contribution is 5.96. The first kappa shape index (κ1) is 16.2. The maximum absolute atomic E-state index is 11.9. The molecule has 0 bridgehead atoms. The van der Waals surface area contributed by atoms with Gasteiger partial charge in [0.15, 0.2) is 0 Å². The first-order chi connectivity index (χ1) is 10.0. The van der Waals surface area contributed by atoms with E-state index in [1.807, 2.05) is 0 Å². The molecule has 0 fully saturated rings. The van der Waals surface area contributed by atoms with Gasteiger partial charge in [-0.2, -0.15) is 5.26 Å². The third kappa shape index (κ3) is 6.20. The quantitative estimate of drug-likeness (QED) is 0.658. The molecule has 0 atom stereocenters. The number of carbonyl (C=O) groups excluding carboxylic acids is 3. The molecule has 0 saturated carbocycles. The molecule has 0 aromatic heterocycles. The maximum atomic E-state index is 11.9. The Labute approximate surface area is 122 Å². The van der Waals surface area contributed by atoms with Crippen LogP contribution in [0, 0.1) is 11.3 Å². The van der Waals surface area contributed by atoms with E-state index in [0.717, 1.165) is 0 Å². The van der Waals surface area contributed by atoms with Gasteiger partial charge in [0.2, 0.25) is 11.8 Å². The summed E-state index contributed by atoms with van der Waals surface area (Å²) in [7, 11) is 0. The van der Waals surface area contributed by atoms with Crippen LogP contribution in [0.15, 0.2) is 24.3 Å². The third-order valence-electron chi connectivity index (χ3n) is 2.42. The maximum Gasteiger partial charge on any atom is 0.251 e. The highest BCUT2D eigenvalue weighted by Crippen LogP contribution is 2.10. The molecule has 1 aromatic rings. The molecule has 110 valence electrons. The summed E-state index contributed by atoms with van der Waals surface area (Å²) in [6.07, 6.45) is -0.202. The molecule has 3 amide bonds. The molecule has 0 aliphatic heterocycles. The molecule has 0 unspecified atom stereocenters. The highest BCUT2D eigenvalue weighted by atomic mass is 16.2. The molecule has 1 rings (SSSR count). The van der Waals surface area contributed by atoms with E-state index in [9.17, 15) is 14.4 Å². The van der Waals surface area contributed by atoms with Crippen LogP contribution in [0.2, 0.25) is 0 Å². The van der Waals surface area contributed by atoms with Crippen molar-refractivity contribution < 1.29 is 14.4 Å². The van der Waals surface area contributed by atoms with Gasteiger partial charge in [0.05, 0.1) is 6.07 Å². The molecule has 0 aliphatic rings. The largest absolute Gasteiger partial charge is 0.353 e. The van der Waals surface area contributed by atoms with Crippen LogP contribution in [0.5, 0.6) is 0 Å². The van der Waals surface area contributed by atoms with Crippen molar-refractivity contribution in [3.63, 3.8) is 0 Å². The summed E-state index contributed by atoms with van der Waals surface area (Å²) in [5.74, 6) is -0.899. The second-order valence-corrected chi connectivity index (χ2v) is 4.20. The number of nitriles is 1. The van der Waals surface area contributed by atoms with Crippen molar-refractivity contribution in [3.05, 3.63) is 29.8 Å². The van der Waals surface area contributed by atoms with Gasteiger partial charge in [0, 0.05) is 31.3 Å². The first-order valence-electron chi connectivity index (χ1n) is 6.32. The van der Waals surface area contributed by atoms with Gasteiger partial charge in [0.1, 0.15) is 6.42 Å². The molecular formula is C14H16N4O3. The Morgan fingerprint density at radius 1 is 1.19 bits per heavy atom. The van der Waals surface area contributed by atoms with Gasteiger partial charge in [-0.15, -0.1) is 0 Å². The van der Waals surface area contributed by atoms with Crippen LogP contribution in [-0.4, -0.2) is 30.8 Å². The Morgan fingerprint density at radius 2 is 1.90 bits per heavy atom. The van der Waals surface area contributed by atoms with E-state index in [1.165, 1.54) is 6.92 Å². The summed E-state index contributed by atoms with van der Waals surface area (Å²) in [5.41, 5.74) is 0.946. The SMILES string of the molecule is CC(=O)Nc1cccc(C(=O)NCCNC(=O)CC#N)c1. The average molecular weight is 288 g/mol. The summed E-state index contributed by atoms with van der Waals surface area (Å²) in [4.78, 5) is 33.8. The van der Waals surface area contributed by atoms with E-state index < -0.39 is 0 Å². The number of anilines is 1. The lowest BCUT2D eigenvalue weighted by atomic mass is 10.2. The van der Waals surface area contributed by atoms with E-state index >= 15 is 0 Å². The fourth-order valence-corrected chi connectivity index (χ4v) is 1.56. The van der Waals surface area contributed by atoms with Crippen LogP contribution in [0.1, 0.15) is 23.7 Å². The number of rotatable bonds is 6. The third-order valence-corrected chi connectivity index (χ3v) is 2.42. The van der Waals surface area contributed by atoms with E-state index in [-0.39, 0.29) is 37.2 Å². The summed E-state index contributed by atoms with van der Waals surface area (Å²) in [6, 6.07) is 8.25. The molecule has 3 N–H and O–H groups in total. The van der Waals surface area contributed by atoms with Crippen molar-refractivity contribution in [2.24, 2.45) is 0 Å². The zero-order valence-electron chi connectivity index (χ0n) is 11.6. The number of hydrogen-bond donors (Lipinski definition) is 3. The molecule has 21 heavy (non-hydrogen) atoms. The Kier molecular flexibility index (Phi) is 6.41. The highest BCUT2D eigenvalue weighted by Gasteiger charge is 2.06. The monoisotopic (exact) mass is 288 g/mol. The zero-order valence-corrected chi connectivity index (χ0v) is 11.6. The smallest absolute Gasteiger partial charge is 0.251 e. The molecular weight excluding hydrogens is 272 g/mol.